The minimum atomic E-state index is -0.470. The highest BCUT2D eigenvalue weighted by molar-refractivity contribution is 5.95. The summed E-state index contributed by atoms with van der Waals surface area (Å²) in [5, 5.41) is 13.7. The second kappa shape index (κ2) is 5.23. The monoisotopic (exact) mass is 264 g/mol. The summed E-state index contributed by atoms with van der Waals surface area (Å²) in [6.07, 6.45) is 0. The predicted octanol–water partition coefficient (Wildman–Crippen LogP) is 0.492. The average molecular weight is 264 g/mol. The Hall–Kier alpha value is -2.15. The quantitative estimate of drug-likeness (QED) is 0.608. The van der Waals surface area contributed by atoms with Crippen molar-refractivity contribution in [2.75, 3.05) is 24.5 Å². The number of rotatable bonds is 4. The molecule has 0 aliphatic carbocycles. The number of carbonyl (C=O) groups is 1. The van der Waals surface area contributed by atoms with E-state index in [-0.39, 0.29) is 17.6 Å². The molecule has 0 aromatic heterocycles. The van der Waals surface area contributed by atoms with Crippen molar-refractivity contribution in [3.05, 3.63) is 33.9 Å². The standard InChI is InChI=1S/C12H16N4O3/c1-2-14-12(17)8-3-4-10(11(5-8)16(18)19)15-6-9(13)7-15/h3-5,9H,2,6-7,13H2,1H3,(H,14,17). The second-order valence-electron chi connectivity index (χ2n) is 4.49. The van der Waals surface area contributed by atoms with Gasteiger partial charge in [0, 0.05) is 37.3 Å². The van der Waals surface area contributed by atoms with Gasteiger partial charge in [0.1, 0.15) is 5.69 Å². The van der Waals surface area contributed by atoms with E-state index >= 15 is 0 Å². The molecule has 1 aliphatic rings. The van der Waals surface area contributed by atoms with Gasteiger partial charge >= 0.3 is 0 Å². The lowest BCUT2D eigenvalue weighted by atomic mass is 10.1. The summed E-state index contributed by atoms with van der Waals surface area (Å²) in [6.45, 7) is 3.47. The third kappa shape index (κ3) is 2.65. The SMILES string of the molecule is CCNC(=O)c1ccc(N2CC(N)C2)c([N+](=O)[O-])c1. The van der Waals surface area contributed by atoms with Crippen LogP contribution >= 0.6 is 0 Å². The zero-order valence-corrected chi connectivity index (χ0v) is 10.6. The van der Waals surface area contributed by atoms with Gasteiger partial charge in [-0.1, -0.05) is 0 Å². The maximum absolute atomic E-state index is 11.7. The van der Waals surface area contributed by atoms with E-state index in [1.54, 1.807) is 19.1 Å². The maximum Gasteiger partial charge on any atom is 0.293 e. The van der Waals surface area contributed by atoms with Crippen LogP contribution in [0.1, 0.15) is 17.3 Å². The Morgan fingerprint density at radius 3 is 2.79 bits per heavy atom. The van der Waals surface area contributed by atoms with Crippen LogP contribution in [0.3, 0.4) is 0 Å². The predicted molar refractivity (Wildman–Crippen MR) is 71.3 cm³/mol. The van der Waals surface area contributed by atoms with Crippen molar-refractivity contribution in [3.8, 4) is 0 Å². The Kier molecular flexibility index (Phi) is 3.66. The average Bonchev–Trinajstić information content (AvgIpc) is 2.34. The molecule has 3 N–H and O–H groups in total. The Bertz CT molecular complexity index is 512. The molecule has 0 unspecified atom stereocenters. The van der Waals surface area contributed by atoms with E-state index in [2.05, 4.69) is 5.32 Å². The number of nitrogens with two attached hydrogens (primary N) is 1. The number of carbonyl (C=O) groups excluding carboxylic acids is 1. The highest BCUT2D eigenvalue weighted by atomic mass is 16.6. The molecule has 2 rings (SSSR count). The first-order valence-electron chi connectivity index (χ1n) is 6.10. The molecule has 0 bridgehead atoms. The van der Waals surface area contributed by atoms with E-state index in [1.165, 1.54) is 6.07 Å². The Labute approximate surface area is 110 Å². The summed E-state index contributed by atoms with van der Waals surface area (Å²) in [5.41, 5.74) is 6.42. The van der Waals surface area contributed by atoms with Gasteiger partial charge < -0.3 is 16.0 Å². The second-order valence-corrected chi connectivity index (χ2v) is 4.49. The minimum Gasteiger partial charge on any atom is -0.363 e. The van der Waals surface area contributed by atoms with Gasteiger partial charge in [0.15, 0.2) is 0 Å². The van der Waals surface area contributed by atoms with Gasteiger partial charge in [-0.15, -0.1) is 0 Å². The summed E-state index contributed by atoms with van der Waals surface area (Å²) in [4.78, 5) is 24.1. The third-order valence-corrected chi connectivity index (χ3v) is 3.02. The molecular weight excluding hydrogens is 248 g/mol. The molecule has 7 nitrogen and oxygen atoms in total. The number of nitro benzene ring substituents is 1. The van der Waals surface area contributed by atoms with Gasteiger partial charge in [-0.25, -0.2) is 0 Å². The van der Waals surface area contributed by atoms with Gasteiger partial charge in [-0.2, -0.15) is 0 Å². The number of anilines is 1. The number of hydrogen-bond donors (Lipinski definition) is 2. The maximum atomic E-state index is 11.7. The Balaban J connectivity index is 2.30. The third-order valence-electron chi connectivity index (χ3n) is 3.02. The lowest BCUT2D eigenvalue weighted by molar-refractivity contribution is -0.384. The molecule has 1 aliphatic heterocycles. The molecule has 7 heteroatoms. The van der Waals surface area contributed by atoms with E-state index < -0.39 is 4.92 Å². The summed E-state index contributed by atoms with van der Waals surface area (Å²) >= 11 is 0. The van der Waals surface area contributed by atoms with Crippen molar-refractivity contribution in [1.82, 2.24) is 5.32 Å². The zero-order valence-electron chi connectivity index (χ0n) is 10.6. The Morgan fingerprint density at radius 1 is 1.58 bits per heavy atom. The van der Waals surface area contributed by atoms with Crippen LogP contribution < -0.4 is 16.0 Å². The number of benzene rings is 1. The highest BCUT2D eigenvalue weighted by Crippen LogP contribution is 2.31. The van der Waals surface area contributed by atoms with Crippen molar-refractivity contribution in [2.24, 2.45) is 5.73 Å². The fourth-order valence-electron chi connectivity index (χ4n) is 2.05. The van der Waals surface area contributed by atoms with Crippen molar-refractivity contribution in [2.45, 2.75) is 13.0 Å². The molecule has 1 fully saturated rings. The number of hydrogen-bond acceptors (Lipinski definition) is 5. The molecule has 1 amide bonds. The van der Waals surface area contributed by atoms with Crippen LogP contribution in [-0.2, 0) is 0 Å². The molecule has 1 heterocycles. The molecule has 0 spiro atoms. The van der Waals surface area contributed by atoms with Crippen molar-refractivity contribution in [3.63, 3.8) is 0 Å². The summed E-state index contributed by atoms with van der Waals surface area (Å²) in [5.74, 6) is -0.308. The van der Waals surface area contributed by atoms with Gasteiger partial charge in [0.25, 0.3) is 11.6 Å². The molecule has 1 saturated heterocycles. The van der Waals surface area contributed by atoms with E-state index in [0.29, 0.717) is 30.9 Å². The van der Waals surface area contributed by atoms with E-state index in [0.717, 1.165) is 0 Å². The van der Waals surface area contributed by atoms with Crippen LogP contribution in [0.25, 0.3) is 0 Å². The van der Waals surface area contributed by atoms with Crippen molar-refractivity contribution in [1.29, 1.82) is 0 Å². The van der Waals surface area contributed by atoms with Crippen molar-refractivity contribution < 1.29 is 9.72 Å². The van der Waals surface area contributed by atoms with Crippen LogP contribution in [0.4, 0.5) is 11.4 Å². The van der Waals surface area contributed by atoms with Gasteiger partial charge in [0.05, 0.1) is 4.92 Å². The van der Waals surface area contributed by atoms with Crippen LogP contribution in [-0.4, -0.2) is 36.5 Å². The summed E-state index contributed by atoms with van der Waals surface area (Å²) < 4.78 is 0. The Morgan fingerprint density at radius 2 is 2.26 bits per heavy atom. The fourth-order valence-corrected chi connectivity index (χ4v) is 2.05. The van der Waals surface area contributed by atoms with Crippen LogP contribution in [0.15, 0.2) is 18.2 Å². The topological polar surface area (TPSA) is 102 Å². The smallest absolute Gasteiger partial charge is 0.293 e. The molecule has 0 atom stereocenters. The van der Waals surface area contributed by atoms with Crippen LogP contribution in [0.2, 0.25) is 0 Å². The summed E-state index contributed by atoms with van der Waals surface area (Å²) in [6, 6.07) is 4.57. The first-order chi connectivity index (χ1) is 9.02. The number of nitro groups is 1. The first-order valence-corrected chi connectivity index (χ1v) is 6.10. The molecule has 1 aromatic rings. The number of nitrogens with zero attached hydrogens (tertiary/aromatic N) is 2. The van der Waals surface area contributed by atoms with Crippen LogP contribution in [0, 0.1) is 10.1 Å². The molecular formula is C12H16N4O3. The molecule has 1 aromatic carbocycles. The van der Waals surface area contributed by atoms with Gasteiger partial charge in [0.2, 0.25) is 0 Å². The lowest BCUT2D eigenvalue weighted by Crippen LogP contribution is -2.56. The largest absolute Gasteiger partial charge is 0.363 e. The minimum absolute atomic E-state index is 0.0580. The molecule has 0 saturated carbocycles. The molecule has 0 radical (unpaired) electrons. The zero-order chi connectivity index (χ0) is 14.0. The van der Waals surface area contributed by atoms with Gasteiger partial charge in [-0.05, 0) is 19.1 Å². The number of nitrogens with one attached hydrogen (secondary N) is 1. The summed E-state index contributed by atoms with van der Waals surface area (Å²) in [7, 11) is 0. The normalized spacial score (nSPS) is 14.9. The van der Waals surface area contributed by atoms with E-state index in [4.69, 9.17) is 5.73 Å². The number of amides is 1. The van der Waals surface area contributed by atoms with Gasteiger partial charge in [-0.3, -0.25) is 14.9 Å². The van der Waals surface area contributed by atoms with E-state index in [9.17, 15) is 14.9 Å². The lowest BCUT2D eigenvalue weighted by Gasteiger charge is -2.38. The first kappa shape index (κ1) is 13.3. The molecule has 102 valence electrons. The highest BCUT2D eigenvalue weighted by Gasteiger charge is 2.29. The van der Waals surface area contributed by atoms with Crippen LogP contribution in [0.5, 0.6) is 0 Å². The van der Waals surface area contributed by atoms with Crippen molar-refractivity contribution >= 4 is 17.3 Å². The fraction of sp³-hybridized carbons (Fsp3) is 0.417. The van der Waals surface area contributed by atoms with E-state index in [1.807, 2.05) is 4.90 Å². The molecule has 19 heavy (non-hydrogen) atoms.